The van der Waals surface area contributed by atoms with Crippen LogP contribution in [0.1, 0.15) is 6.92 Å². The smallest absolute Gasteiger partial charge is 0.249 e. The maximum atomic E-state index is 10.7. The Hall–Kier alpha value is -0.690. The first-order chi connectivity index (χ1) is 6.00. The van der Waals surface area contributed by atoms with Gasteiger partial charge in [0.15, 0.2) is 6.10 Å². The van der Waals surface area contributed by atoms with Crippen molar-refractivity contribution in [1.29, 1.82) is 0 Å². The Bertz CT molecular complexity index is 161. The van der Waals surface area contributed by atoms with E-state index in [0.29, 0.717) is 0 Å². The number of aliphatic hydroxyl groups is 2. The molecule has 0 aliphatic heterocycles. The van der Waals surface area contributed by atoms with Crippen molar-refractivity contribution in [1.82, 2.24) is 0 Å². The summed E-state index contributed by atoms with van der Waals surface area (Å²) in [6, 6.07) is 0. The van der Waals surface area contributed by atoms with Crippen LogP contribution >= 0.6 is 0 Å². The fraction of sp³-hybridized carbons (Fsp3) is 0.857. The van der Waals surface area contributed by atoms with Crippen molar-refractivity contribution >= 4 is 5.91 Å². The molecule has 0 aromatic carbocycles. The molecule has 0 spiro atoms. The van der Waals surface area contributed by atoms with Crippen LogP contribution in [0.25, 0.3) is 0 Å². The average Bonchev–Trinajstić information content (AvgIpc) is 2.04. The molecule has 0 aromatic rings. The van der Waals surface area contributed by atoms with Crippen molar-refractivity contribution in [3.8, 4) is 0 Å². The summed E-state index contributed by atoms with van der Waals surface area (Å²) in [5.74, 6) is -0.842. The largest absolute Gasteiger partial charge is 0.391 e. The van der Waals surface area contributed by atoms with E-state index in [2.05, 4.69) is 4.74 Å². The Balaban J connectivity index is 4.15. The summed E-state index contributed by atoms with van der Waals surface area (Å²) in [5.41, 5.74) is 4.93. The van der Waals surface area contributed by atoms with E-state index in [9.17, 15) is 9.90 Å². The van der Waals surface area contributed by atoms with Gasteiger partial charge in [-0.05, 0) is 6.92 Å². The molecule has 4 N–H and O–H groups in total. The molecule has 0 bridgehead atoms. The van der Waals surface area contributed by atoms with Crippen LogP contribution in [0.5, 0.6) is 0 Å². The van der Waals surface area contributed by atoms with Crippen molar-refractivity contribution < 1.29 is 24.5 Å². The number of methoxy groups -OCH3 is 1. The third-order valence-corrected chi connectivity index (χ3v) is 1.45. The maximum absolute atomic E-state index is 10.7. The Morgan fingerprint density at radius 1 is 1.54 bits per heavy atom. The van der Waals surface area contributed by atoms with E-state index in [1.54, 1.807) is 0 Å². The zero-order valence-corrected chi connectivity index (χ0v) is 7.64. The van der Waals surface area contributed by atoms with E-state index in [-0.39, 0.29) is 6.79 Å². The fourth-order valence-corrected chi connectivity index (χ4v) is 0.743. The summed E-state index contributed by atoms with van der Waals surface area (Å²) in [5, 5.41) is 18.2. The predicted octanol–water partition coefficient (Wildman–Crippen LogP) is -1.80. The predicted molar refractivity (Wildman–Crippen MR) is 43.6 cm³/mol. The lowest BCUT2D eigenvalue weighted by molar-refractivity contribution is -0.160. The number of hydrogen-bond acceptors (Lipinski definition) is 5. The Morgan fingerprint density at radius 2 is 2.08 bits per heavy atom. The Kier molecular flexibility index (Phi) is 5.56. The lowest BCUT2D eigenvalue weighted by atomic mass is 10.1. The Labute approximate surface area is 76.2 Å². The summed E-state index contributed by atoms with van der Waals surface area (Å²) in [7, 11) is 1.37. The van der Waals surface area contributed by atoms with Gasteiger partial charge in [0.25, 0.3) is 0 Å². The maximum Gasteiger partial charge on any atom is 0.249 e. The van der Waals surface area contributed by atoms with Crippen LogP contribution in [-0.4, -0.2) is 48.3 Å². The summed E-state index contributed by atoms with van der Waals surface area (Å²) in [6.07, 6.45) is -3.68. The SMILES string of the molecule is COCOC(C(N)=O)C(O)C(C)O. The molecule has 78 valence electrons. The van der Waals surface area contributed by atoms with Gasteiger partial charge in [0, 0.05) is 7.11 Å². The zero-order valence-electron chi connectivity index (χ0n) is 7.64. The van der Waals surface area contributed by atoms with Crippen molar-refractivity contribution in [2.24, 2.45) is 5.73 Å². The molecule has 0 saturated carbocycles. The highest BCUT2D eigenvalue weighted by Crippen LogP contribution is 2.03. The van der Waals surface area contributed by atoms with E-state index < -0.39 is 24.2 Å². The first kappa shape index (κ1) is 12.3. The molecular weight excluding hydrogens is 178 g/mol. The molecule has 3 atom stereocenters. The molecule has 0 heterocycles. The van der Waals surface area contributed by atoms with E-state index in [1.165, 1.54) is 14.0 Å². The average molecular weight is 193 g/mol. The van der Waals surface area contributed by atoms with Gasteiger partial charge >= 0.3 is 0 Å². The second kappa shape index (κ2) is 5.87. The van der Waals surface area contributed by atoms with Crippen LogP contribution in [0, 0.1) is 0 Å². The van der Waals surface area contributed by atoms with E-state index in [0.717, 1.165) is 0 Å². The number of hydrogen-bond donors (Lipinski definition) is 3. The quantitative estimate of drug-likeness (QED) is 0.432. The molecule has 0 aromatic heterocycles. The highest BCUT2D eigenvalue weighted by Gasteiger charge is 2.29. The van der Waals surface area contributed by atoms with Gasteiger partial charge < -0.3 is 25.4 Å². The molecule has 6 nitrogen and oxygen atoms in total. The number of primary amides is 1. The highest BCUT2D eigenvalue weighted by molar-refractivity contribution is 5.79. The van der Waals surface area contributed by atoms with Gasteiger partial charge in [-0.3, -0.25) is 4.79 Å². The number of rotatable bonds is 6. The third-order valence-electron chi connectivity index (χ3n) is 1.45. The van der Waals surface area contributed by atoms with Gasteiger partial charge in [0.2, 0.25) is 5.91 Å². The normalized spacial score (nSPS) is 17.8. The first-order valence-electron chi connectivity index (χ1n) is 3.76. The molecule has 0 radical (unpaired) electrons. The van der Waals surface area contributed by atoms with Gasteiger partial charge in [-0.25, -0.2) is 0 Å². The van der Waals surface area contributed by atoms with Crippen LogP contribution in [-0.2, 0) is 14.3 Å². The van der Waals surface area contributed by atoms with Gasteiger partial charge in [0.05, 0.1) is 6.10 Å². The third kappa shape index (κ3) is 4.18. The molecule has 6 heteroatoms. The van der Waals surface area contributed by atoms with Crippen molar-refractivity contribution in [2.45, 2.75) is 25.2 Å². The lowest BCUT2D eigenvalue weighted by Crippen LogP contribution is -2.46. The number of carbonyl (C=O) groups is 1. The fourth-order valence-electron chi connectivity index (χ4n) is 0.743. The number of ether oxygens (including phenoxy) is 2. The molecule has 0 rings (SSSR count). The molecule has 0 fully saturated rings. The van der Waals surface area contributed by atoms with Gasteiger partial charge in [-0.15, -0.1) is 0 Å². The van der Waals surface area contributed by atoms with Crippen molar-refractivity contribution in [3.63, 3.8) is 0 Å². The van der Waals surface area contributed by atoms with Crippen LogP contribution in [0.4, 0.5) is 0 Å². The summed E-state index contributed by atoms with van der Waals surface area (Å²) < 4.78 is 9.30. The van der Waals surface area contributed by atoms with Crippen LogP contribution in [0.15, 0.2) is 0 Å². The second-order valence-electron chi connectivity index (χ2n) is 2.63. The standard InChI is InChI=1S/C7H15NO5/c1-4(9)5(10)6(7(8)11)13-3-12-2/h4-6,9-10H,3H2,1-2H3,(H2,8,11). The molecule has 0 saturated heterocycles. The van der Waals surface area contributed by atoms with Gasteiger partial charge in [-0.1, -0.05) is 0 Å². The molecule has 0 aliphatic rings. The van der Waals surface area contributed by atoms with Gasteiger partial charge in [-0.2, -0.15) is 0 Å². The molecule has 13 heavy (non-hydrogen) atoms. The number of amides is 1. The lowest BCUT2D eigenvalue weighted by Gasteiger charge is -2.21. The minimum absolute atomic E-state index is 0.169. The van der Waals surface area contributed by atoms with Crippen molar-refractivity contribution in [3.05, 3.63) is 0 Å². The summed E-state index contributed by atoms with van der Waals surface area (Å²) in [6.45, 7) is 1.16. The minimum Gasteiger partial charge on any atom is -0.391 e. The van der Waals surface area contributed by atoms with Crippen LogP contribution in [0.3, 0.4) is 0 Å². The molecular formula is C7H15NO5. The molecule has 0 aliphatic carbocycles. The van der Waals surface area contributed by atoms with Crippen LogP contribution < -0.4 is 5.73 Å². The van der Waals surface area contributed by atoms with E-state index >= 15 is 0 Å². The topological polar surface area (TPSA) is 102 Å². The summed E-state index contributed by atoms with van der Waals surface area (Å²) in [4.78, 5) is 10.7. The second-order valence-corrected chi connectivity index (χ2v) is 2.63. The monoisotopic (exact) mass is 193 g/mol. The highest BCUT2D eigenvalue weighted by atomic mass is 16.7. The van der Waals surface area contributed by atoms with E-state index in [1.807, 2.05) is 0 Å². The minimum atomic E-state index is -1.34. The molecule has 3 unspecified atom stereocenters. The first-order valence-corrected chi connectivity index (χ1v) is 3.76. The Morgan fingerprint density at radius 3 is 2.38 bits per heavy atom. The van der Waals surface area contributed by atoms with Crippen molar-refractivity contribution in [2.75, 3.05) is 13.9 Å². The molecule has 1 amide bonds. The number of nitrogens with two attached hydrogens (primary N) is 1. The van der Waals surface area contributed by atoms with Gasteiger partial charge in [0.1, 0.15) is 12.9 Å². The van der Waals surface area contributed by atoms with Crippen LogP contribution in [0.2, 0.25) is 0 Å². The number of aliphatic hydroxyl groups excluding tert-OH is 2. The van der Waals surface area contributed by atoms with E-state index in [4.69, 9.17) is 15.6 Å². The summed E-state index contributed by atoms with van der Waals surface area (Å²) >= 11 is 0. The number of carbonyl (C=O) groups excluding carboxylic acids is 1. The zero-order chi connectivity index (χ0) is 10.4.